The van der Waals surface area contributed by atoms with Crippen molar-refractivity contribution in [1.29, 1.82) is 0 Å². The number of amides is 1. The van der Waals surface area contributed by atoms with Crippen LogP contribution in [0.25, 0.3) is 0 Å². The molecule has 1 heterocycles. The van der Waals surface area contributed by atoms with Gasteiger partial charge in [0, 0.05) is 6.42 Å². The molecule has 0 saturated carbocycles. The van der Waals surface area contributed by atoms with Gasteiger partial charge >= 0.3 is 5.97 Å². The molecule has 0 aromatic rings. The molecule has 1 rings (SSSR count). The van der Waals surface area contributed by atoms with E-state index in [0.29, 0.717) is 12.8 Å². The molecule has 0 spiro atoms. The number of ether oxygens (including phenoxy) is 3. The standard InChI is InChI=1S/C58H99NO10/c1-4-7-10-13-16-19-22-23-24-25-26-27-28-31-33-36-39-42-45-51(62)57(66)59-49(50(61)44-41-38-35-32-29-20-17-14-11-8-5-2)48-67-58-56(55(65)54(64)52(47-60)68-58)69-53(63)46-43-40-37-34-30-21-18-15-12-9-6-3/h7,10,15-16,18-19,23-24,26-27,31,33,41,44,49-52,54-56,58,60-62,64-65H,4-6,8-9,11-14,17,20-22,25,28-30,32,34-40,42-43,45-48H2,1-3H3,(H,59,66)/b10-7-,18-15-,19-16-,24-23-,27-26-,33-31-,44-41+. The molecule has 1 aliphatic heterocycles. The zero-order valence-electron chi connectivity index (χ0n) is 43.4. The largest absolute Gasteiger partial charge is 0.454 e. The molecule has 11 nitrogen and oxygen atoms in total. The summed E-state index contributed by atoms with van der Waals surface area (Å²) in [6, 6.07) is -1.05. The second kappa shape index (κ2) is 45.9. The first kappa shape index (κ1) is 63.9. The molecule has 0 aromatic heterocycles. The van der Waals surface area contributed by atoms with Crippen molar-refractivity contribution in [3.05, 3.63) is 85.1 Å². The lowest BCUT2D eigenvalue weighted by Crippen LogP contribution is -2.61. The Morgan fingerprint density at radius 1 is 0.580 bits per heavy atom. The number of nitrogens with one attached hydrogen (secondary N) is 1. The van der Waals surface area contributed by atoms with Gasteiger partial charge in [0.2, 0.25) is 5.91 Å². The van der Waals surface area contributed by atoms with Gasteiger partial charge in [-0.2, -0.15) is 0 Å². The number of carbonyl (C=O) groups excluding carboxylic acids is 2. The third-order valence-corrected chi connectivity index (χ3v) is 12.3. The third-order valence-electron chi connectivity index (χ3n) is 12.3. The van der Waals surface area contributed by atoms with Crippen LogP contribution in [-0.2, 0) is 23.8 Å². The average molecular weight is 970 g/mol. The molecular weight excluding hydrogens is 871 g/mol. The van der Waals surface area contributed by atoms with Gasteiger partial charge in [-0.15, -0.1) is 0 Å². The van der Waals surface area contributed by atoms with Gasteiger partial charge in [0.25, 0.3) is 0 Å². The minimum Gasteiger partial charge on any atom is -0.454 e. The summed E-state index contributed by atoms with van der Waals surface area (Å²) >= 11 is 0. The average Bonchev–Trinajstić information content (AvgIpc) is 3.34. The molecule has 396 valence electrons. The van der Waals surface area contributed by atoms with Crippen molar-refractivity contribution < 1.29 is 49.3 Å². The van der Waals surface area contributed by atoms with E-state index in [1.807, 2.05) is 6.08 Å². The molecule has 11 heteroatoms. The van der Waals surface area contributed by atoms with E-state index in [1.54, 1.807) is 6.08 Å². The highest BCUT2D eigenvalue weighted by Gasteiger charge is 2.47. The highest BCUT2D eigenvalue weighted by atomic mass is 16.7. The van der Waals surface area contributed by atoms with Crippen molar-refractivity contribution in [2.45, 2.75) is 256 Å². The normalized spacial score (nSPS) is 20.5. The van der Waals surface area contributed by atoms with Gasteiger partial charge in [0.05, 0.1) is 25.4 Å². The summed E-state index contributed by atoms with van der Waals surface area (Å²) in [5.41, 5.74) is 0. The molecule has 1 amide bonds. The molecule has 1 fully saturated rings. The number of hydrogen-bond donors (Lipinski definition) is 6. The fourth-order valence-electron chi connectivity index (χ4n) is 7.89. The van der Waals surface area contributed by atoms with E-state index in [2.05, 4.69) is 99.0 Å². The maximum Gasteiger partial charge on any atom is 0.306 e. The van der Waals surface area contributed by atoms with Gasteiger partial charge < -0.3 is 45.1 Å². The minimum atomic E-state index is -1.62. The molecule has 6 N–H and O–H groups in total. The zero-order chi connectivity index (χ0) is 50.4. The lowest BCUT2D eigenvalue weighted by atomic mass is 9.99. The predicted octanol–water partition coefficient (Wildman–Crippen LogP) is 11.8. The third kappa shape index (κ3) is 34.7. The maximum absolute atomic E-state index is 13.3. The predicted molar refractivity (Wildman–Crippen MR) is 282 cm³/mol. The van der Waals surface area contributed by atoms with Crippen LogP contribution in [0, 0.1) is 0 Å². The molecular formula is C58H99NO10. The van der Waals surface area contributed by atoms with E-state index in [0.717, 1.165) is 109 Å². The van der Waals surface area contributed by atoms with E-state index in [-0.39, 0.29) is 19.4 Å². The minimum absolute atomic E-state index is 0.105. The number of carbonyl (C=O) groups is 2. The number of allylic oxidation sites excluding steroid dienone is 13. The van der Waals surface area contributed by atoms with E-state index < -0.39 is 67.4 Å². The van der Waals surface area contributed by atoms with Gasteiger partial charge in [0.1, 0.15) is 24.4 Å². The fourth-order valence-corrected chi connectivity index (χ4v) is 7.89. The Morgan fingerprint density at radius 3 is 1.62 bits per heavy atom. The number of aliphatic hydroxyl groups is 5. The van der Waals surface area contributed by atoms with Gasteiger partial charge in [-0.05, 0) is 89.9 Å². The first-order valence-corrected chi connectivity index (χ1v) is 27.4. The monoisotopic (exact) mass is 970 g/mol. The van der Waals surface area contributed by atoms with E-state index in [9.17, 15) is 35.1 Å². The Hall–Kier alpha value is -3.16. The van der Waals surface area contributed by atoms with Crippen LogP contribution >= 0.6 is 0 Å². The van der Waals surface area contributed by atoms with Crippen LogP contribution in [0.1, 0.15) is 207 Å². The highest BCUT2D eigenvalue weighted by molar-refractivity contribution is 5.80. The summed E-state index contributed by atoms with van der Waals surface area (Å²) in [7, 11) is 0. The van der Waals surface area contributed by atoms with Gasteiger partial charge in [-0.3, -0.25) is 9.59 Å². The van der Waals surface area contributed by atoms with E-state index in [4.69, 9.17) is 14.2 Å². The highest BCUT2D eigenvalue weighted by Crippen LogP contribution is 2.26. The van der Waals surface area contributed by atoms with Crippen LogP contribution in [0.15, 0.2) is 85.1 Å². The fraction of sp³-hybridized carbons (Fsp3) is 0.724. The Labute approximate surface area is 419 Å². The summed E-state index contributed by atoms with van der Waals surface area (Å²) in [6.07, 6.45) is 47.8. The molecule has 1 saturated heterocycles. The molecule has 0 aromatic carbocycles. The second-order valence-electron chi connectivity index (χ2n) is 18.6. The topological polar surface area (TPSA) is 175 Å². The first-order valence-electron chi connectivity index (χ1n) is 27.4. The summed E-state index contributed by atoms with van der Waals surface area (Å²) in [5, 5.41) is 56.6. The van der Waals surface area contributed by atoms with Crippen molar-refractivity contribution in [3.8, 4) is 0 Å². The van der Waals surface area contributed by atoms with Crippen molar-refractivity contribution in [3.63, 3.8) is 0 Å². The molecule has 8 unspecified atom stereocenters. The first-order chi connectivity index (χ1) is 33.7. The smallest absolute Gasteiger partial charge is 0.306 e. The van der Waals surface area contributed by atoms with Crippen LogP contribution in [-0.4, -0.2) is 99.6 Å². The molecule has 8 atom stereocenters. The van der Waals surface area contributed by atoms with Gasteiger partial charge in [-0.25, -0.2) is 0 Å². The van der Waals surface area contributed by atoms with Crippen LogP contribution < -0.4 is 5.32 Å². The number of hydrogen-bond acceptors (Lipinski definition) is 10. The zero-order valence-corrected chi connectivity index (χ0v) is 43.4. The molecule has 0 aliphatic carbocycles. The lowest BCUT2D eigenvalue weighted by molar-refractivity contribution is -0.305. The van der Waals surface area contributed by atoms with Crippen LogP contribution in [0.5, 0.6) is 0 Å². The summed E-state index contributed by atoms with van der Waals surface area (Å²) < 4.78 is 17.5. The number of rotatable bonds is 44. The van der Waals surface area contributed by atoms with Crippen molar-refractivity contribution in [2.24, 2.45) is 0 Å². The number of aliphatic hydroxyl groups excluding tert-OH is 5. The summed E-state index contributed by atoms with van der Waals surface area (Å²) in [4.78, 5) is 26.3. The maximum atomic E-state index is 13.3. The number of unbranched alkanes of at least 4 members (excludes halogenated alkanes) is 18. The molecule has 0 radical (unpaired) electrons. The van der Waals surface area contributed by atoms with Gasteiger partial charge in [-0.1, -0.05) is 196 Å². The van der Waals surface area contributed by atoms with Crippen LogP contribution in [0.3, 0.4) is 0 Å². The van der Waals surface area contributed by atoms with E-state index >= 15 is 0 Å². The van der Waals surface area contributed by atoms with Crippen LogP contribution in [0.4, 0.5) is 0 Å². The number of esters is 1. The van der Waals surface area contributed by atoms with Crippen molar-refractivity contribution >= 4 is 11.9 Å². The Bertz CT molecular complexity index is 1440. The Kier molecular flexibility index (Phi) is 42.5. The quantitative estimate of drug-likeness (QED) is 0.0196. The Balaban J connectivity index is 2.78. The summed E-state index contributed by atoms with van der Waals surface area (Å²) in [5.74, 6) is -1.25. The second-order valence-corrected chi connectivity index (χ2v) is 18.6. The summed E-state index contributed by atoms with van der Waals surface area (Å²) in [6.45, 7) is 5.56. The molecule has 0 bridgehead atoms. The SMILES string of the molecule is CC/C=C\C/C=C\C/C=C\C/C=C\C/C=C\CCCCC(O)C(=O)NC(COC1OC(CO)C(O)C(O)C1OC(=O)CCCCCCC/C=C\CCCC)C(O)/C=C/CCCCCCCCCCC. The van der Waals surface area contributed by atoms with E-state index in [1.165, 1.54) is 51.4 Å². The lowest BCUT2D eigenvalue weighted by Gasteiger charge is -2.41. The van der Waals surface area contributed by atoms with Gasteiger partial charge in [0.15, 0.2) is 12.4 Å². The molecule has 69 heavy (non-hydrogen) atoms. The van der Waals surface area contributed by atoms with Crippen molar-refractivity contribution in [2.75, 3.05) is 13.2 Å². The molecule has 1 aliphatic rings. The van der Waals surface area contributed by atoms with Crippen LogP contribution in [0.2, 0.25) is 0 Å². The van der Waals surface area contributed by atoms with Crippen molar-refractivity contribution in [1.82, 2.24) is 5.32 Å². The Morgan fingerprint density at radius 2 is 1.06 bits per heavy atom.